The molecule has 0 unspecified atom stereocenters. The Morgan fingerprint density at radius 1 is 1.00 bits per heavy atom. The van der Waals surface area contributed by atoms with Crippen molar-refractivity contribution in [2.24, 2.45) is 0 Å². The van der Waals surface area contributed by atoms with Crippen molar-refractivity contribution < 1.29 is 22.8 Å². The number of piperidine rings is 1. The molecule has 1 aliphatic rings. The fourth-order valence-corrected chi connectivity index (χ4v) is 5.12. The number of halogens is 3. The summed E-state index contributed by atoms with van der Waals surface area (Å²) in [6, 6.07) is 14.5. The minimum atomic E-state index is -4.52. The van der Waals surface area contributed by atoms with Crippen molar-refractivity contribution in [2.75, 3.05) is 36.9 Å². The Bertz CT molecular complexity index is 1640. The monoisotopic (exact) mass is 617 g/mol. The highest BCUT2D eigenvalue weighted by molar-refractivity contribution is 6.06. The van der Waals surface area contributed by atoms with Crippen LogP contribution in [0.1, 0.15) is 47.2 Å². The van der Waals surface area contributed by atoms with Crippen molar-refractivity contribution in [1.29, 1.82) is 0 Å². The van der Waals surface area contributed by atoms with Crippen molar-refractivity contribution in [3.63, 3.8) is 0 Å². The molecule has 234 valence electrons. The van der Waals surface area contributed by atoms with E-state index >= 15 is 0 Å². The Morgan fingerprint density at radius 2 is 1.80 bits per heavy atom. The molecule has 5 rings (SSSR count). The largest absolute Gasteiger partial charge is 0.416 e. The van der Waals surface area contributed by atoms with Crippen molar-refractivity contribution in [3.05, 3.63) is 95.8 Å². The highest BCUT2D eigenvalue weighted by atomic mass is 19.4. The highest BCUT2D eigenvalue weighted by Gasteiger charge is 2.31. The van der Waals surface area contributed by atoms with Gasteiger partial charge in [0.1, 0.15) is 11.5 Å². The number of alkyl halides is 3. The second kappa shape index (κ2) is 14.3. The van der Waals surface area contributed by atoms with Crippen molar-refractivity contribution >= 4 is 29.4 Å². The second-order valence-electron chi connectivity index (χ2n) is 10.9. The molecule has 2 amide bonds. The lowest BCUT2D eigenvalue weighted by molar-refractivity contribution is -0.137. The lowest BCUT2D eigenvalue weighted by Gasteiger charge is -2.26. The SMILES string of the molecule is CN(C(=O)c1cccc(/C=C/C(=O)Nc2ccc(-c3cn(CCCN4CCCCC4)nn3)cn2)c1)c1cccc(C(F)(F)F)c1. The van der Waals surface area contributed by atoms with Gasteiger partial charge in [-0.3, -0.25) is 14.3 Å². The zero-order valence-electron chi connectivity index (χ0n) is 24.9. The molecule has 0 saturated carbocycles. The molecule has 9 nitrogen and oxygen atoms in total. The Morgan fingerprint density at radius 3 is 2.56 bits per heavy atom. The molecule has 4 aromatic rings. The van der Waals surface area contributed by atoms with Crippen LogP contribution in [0.25, 0.3) is 17.3 Å². The van der Waals surface area contributed by atoms with E-state index in [1.54, 1.807) is 36.5 Å². The van der Waals surface area contributed by atoms with Gasteiger partial charge in [0, 0.05) is 42.7 Å². The van der Waals surface area contributed by atoms with Gasteiger partial charge in [0.2, 0.25) is 5.91 Å². The first-order valence-electron chi connectivity index (χ1n) is 14.8. The number of hydrogen-bond acceptors (Lipinski definition) is 6. The summed E-state index contributed by atoms with van der Waals surface area (Å²) in [5, 5.41) is 11.2. The van der Waals surface area contributed by atoms with Crippen molar-refractivity contribution in [2.45, 2.75) is 38.4 Å². The molecule has 0 bridgehead atoms. The lowest BCUT2D eigenvalue weighted by atomic mass is 10.1. The Labute approximate surface area is 259 Å². The molecule has 1 saturated heterocycles. The number of carbonyl (C=O) groups excluding carboxylic acids is 2. The van der Waals surface area contributed by atoms with Crippen LogP contribution in [0, 0.1) is 0 Å². The fourth-order valence-electron chi connectivity index (χ4n) is 5.12. The molecular weight excluding hydrogens is 583 g/mol. The van der Waals surface area contributed by atoms with Gasteiger partial charge in [0.05, 0.1) is 11.8 Å². The third-order valence-corrected chi connectivity index (χ3v) is 7.59. The summed E-state index contributed by atoms with van der Waals surface area (Å²) in [4.78, 5) is 33.5. The van der Waals surface area contributed by atoms with Gasteiger partial charge in [-0.1, -0.05) is 29.8 Å². The topological polar surface area (TPSA) is 96.2 Å². The van der Waals surface area contributed by atoms with Crippen LogP contribution in [0.2, 0.25) is 0 Å². The molecule has 0 radical (unpaired) electrons. The molecule has 3 heterocycles. The van der Waals surface area contributed by atoms with Crippen LogP contribution < -0.4 is 10.2 Å². The first-order valence-corrected chi connectivity index (χ1v) is 14.8. The average molecular weight is 618 g/mol. The molecule has 1 aliphatic heterocycles. The predicted octanol–water partition coefficient (Wildman–Crippen LogP) is 6.16. The third kappa shape index (κ3) is 8.63. The summed E-state index contributed by atoms with van der Waals surface area (Å²) >= 11 is 0. The van der Waals surface area contributed by atoms with E-state index in [0.717, 1.165) is 42.1 Å². The number of aryl methyl sites for hydroxylation is 1. The van der Waals surface area contributed by atoms with E-state index in [-0.39, 0.29) is 11.3 Å². The zero-order valence-corrected chi connectivity index (χ0v) is 24.9. The van der Waals surface area contributed by atoms with E-state index in [9.17, 15) is 22.8 Å². The van der Waals surface area contributed by atoms with Crippen LogP contribution in [0.5, 0.6) is 0 Å². The van der Waals surface area contributed by atoms with E-state index in [4.69, 9.17) is 0 Å². The zero-order chi connectivity index (χ0) is 31.8. The van der Waals surface area contributed by atoms with Crippen molar-refractivity contribution in [1.82, 2.24) is 24.9 Å². The molecule has 0 aliphatic carbocycles. The maximum Gasteiger partial charge on any atom is 0.416 e. The van der Waals surface area contributed by atoms with Gasteiger partial charge in [0.25, 0.3) is 5.91 Å². The van der Waals surface area contributed by atoms with E-state index < -0.39 is 23.6 Å². The van der Waals surface area contributed by atoms with Gasteiger partial charge in [-0.15, -0.1) is 5.10 Å². The van der Waals surface area contributed by atoms with Gasteiger partial charge in [-0.2, -0.15) is 13.2 Å². The standard InChI is InChI=1S/C33H34F3N7O2/c1-41(28-11-6-10-27(21-28)33(34,35)36)32(45)25-9-5-8-24(20-25)12-15-31(44)38-30-14-13-26(22-37-30)29-23-43(40-39-29)19-7-18-42-16-3-2-4-17-42/h5-6,8-15,20-23H,2-4,7,16-19H2,1H3,(H,37,38,44)/b15-12+. The Balaban J connectivity index is 1.14. The predicted molar refractivity (Wildman–Crippen MR) is 166 cm³/mol. The van der Waals surface area contributed by atoms with Crippen LogP contribution in [-0.4, -0.2) is 63.4 Å². The number of anilines is 2. The minimum absolute atomic E-state index is 0.113. The van der Waals surface area contributed by atoms with E-state index in [0.29, 0.717) is 17.1 Å². The number of pyridine rings is 1. The number of amides is 2. The number of hydrogen-bond donors (Lipinski definition) is 1. The summed E-state index contributed by atoms with van der Waals surface area (Å²) in [7, 11) is 1.41. The molecule has 1 fully saturated rings. The van der Waals surface area contributed by atoms with E-state index in [2.05, 4.69) is 25.5 Å². The molecular formula is C33H34F3N7O2. The first-order chi connectivity index (χ1) is 21.7. The lowest BCUT2D eigenvalue weighted by Crippen LogP contribution is -2.31. The molecule has 45 heavy (non-hydrogen) atoms. The van der Waals surface area contributed by atoms with Crippen molar-refractivity contribution in [3.8, 4) is 11.3 Å². The van der Waals surface area contributed by atoms with Gasteiger partial charge in [-0.25, -0.2) is 4.98 Å². The smallest absolute Gasteiger partial charge is 0.311 e. The summed E-state index contributed by atoms with van der Waals surface area (Å²) in [5.74, 6) is -0.558. The summed E-state index contributed by atoms with van der Waals surface area (Å²) in [6.07, 6.45) is 6.73. The van der Waals surface area contributed by atoms with E-state index in [1.165, 1.54) is 63.7 Å². The summed E-state index contributed by atoms with van der Waals surface area (Å²) in [5.41, 5.74) is 1.58. The second-order valence-corrected chi connectivity index (χ2v) is 10.9. The fraction of sp³-hybridized carbons (Fsp3) is 0.303. The molecule has 0 atom stereocenters. The number of nitrogens with one attached hydrogen (secondary N) is 1. The molecule has 0 spiro atoms. The number of aromatic nitrogens is 4. The quantitative estimate of drug-likeness (QED) is 0.214. The normalized spacial score (nSPS) is 14.0. The molecule has 2 aromatic heterocycles. The summed E-state index contributed by atoms with van der Waals surface area (Å²) in [6.45, 7) is 4.20. The number of nitrogens with zero attached hydrogens (tertiary/aromatic N) is 6. The van der Waals surface area contributed by atoms with E-state index in [1.807, 2.05) is 16.9 Å². The van der Waals surface area contributed by atoms with Gasteiger partial charge < -0.3 is 15.1 Å². The first kappa shape index (κ1) is 31.6. The third-order valence-electron chi connectivity index (χ3n) is 7.59. The van der Waals surface area contributed by atoms with Crippen LogP contribution in [0.4, 0.5) is 24.7 Å². The van der Waals surface area contributed by atoms with Gasteiger partial charge >= 0.3 is 6.18 Å². The molecule has 12 heteroatoms. The maximum atomic E-state index is 13.1. The summed E-state index contributed by atoms with van der Waals surface area (Å²) < 4.78 is 41.2. The van der Waals surface area contributed by atoms with Crippen LogP contribution in [0.15, 0.2) is 79.1 Å². The highest BCUT2D eigenvalue weighted by Crippen LogP contribution is 2.31. The Kier molecular flexibility index (Phi) is 10.0. The number of rotatable bonds is 10. The average Bonchev–Trinajstić information content (AvgIpc) is 3.53. The minimum Gasteiger partial charge on any atom is -0.311 e. The van der Waals surface area contributed by atoms with Crippen LogP contribution in [0.3, 0.4) is 0 Å². The van der Waals surface area contributed by atoms with Crippen LogP contribution in [-0.2, 0) is 17.5 Å². The molecule has 2 aromatic carbocycles. The van der Waals surface area contributed by atoms with Crippen LogP contribution >= 0.6 is 0 Å². The Hall–Kier alpha value is -4.84. The van der Waals surface area contributed by atoms with Gasteiger partial charge in [0.15, 0.2) is 0 Å². The maximum absolute atomic E-state index is 13.1. The number of benzene rings is 2. The molecule has 1 N–H and O–H groups in total. The number of likely N-dealkylation sites (tertiary alicyclic amines) is 1. The number of carbonyl (C=O) groups is 2. The van der Waals surface area contributed by atoms with Gasteiger partial charge in [-0.05, 0) is 93.0 Å².